The number of benzene rings is 1. The van der Waals surface area contributed by atoms with Crippen molar-refractivity contribution in [3.05, 3.63) is 35.7 Å². The summed E-state index contributed by atoms with van der Waals surface area (Å²) in [6.45, 7) is 5.34. The molecular formula is C19H25ClN4O3S. The molecule has 1 aromatic heterocycles. The molecule has 0 unspecified atom stereocenters. The minimum Gasteiger partial charge on any atom is -0.362 e. The van der Waals surface area contributed by atoms with Crippen LogP contribution >= 0.6 is 24.2 Å². The second-order valence-corrected chi connectivity index (χ2v) is 7.24. The first-order chi connectivity index (χ1) is 13.1. The van der Waals surface area contributed by atoms with Crippen molar-refractivity contribution >= 4 is 41.7 Å². The topological polar surface area (TPSA) is 90.5 Å². The van der Waals surface area contributed by atoms with Crippen molar-refractivity contribution in [2.45, 2.75) is 43.0 Å². The predicted molar refractivity (Wildman–Crippen MR) is 111 cm³/mol. The average Bonchev–Trinajstić information content (AvgIpc) is 2.99. The van der Waals surface area contributed by atoms with Gasteiger partial charge in [0.25, 0.3) is 11.8 Å². The molecule has 0 spiro atoms. The number of imide groups is 1. The minimum absolute atomic E-state index is 0. The van der Waals surface area contributed by atoms with Gasteiger partial charge in [-0.05, 0) is 37.1 Å². The fourth-order valence-electron chi connectivity index (χ4n) is 3.10. The summed E-state index contributed by atoms with van der Waals surface area (Å²) in [5, 5.41) is 4.70. The Labute approximate surface area is 175 Å². The summed E-state index contributed by atoms with van der Waals surface area (Å²) >= 11 is 1.66. The summed E-state index contributed by atoms with van der Waals surface area (Å²) in [7, 11) is 0. The number of rotatable bonds is 7. The summed E-state index contributed by atoms with van der Waals surface area (Å²) in [6, 6.07) is 7.44. The van der Waals surface area contributed by atoms with E-state index in [1.807, 2.05) is 16.8 Å². The summed E-state index contributed by atoms with van der Waals surface area (Å²) < 4.78 is 6.96. The predicted octanol–water partition coefficient (Wildman–Crippen LogP) is 2.43. The number of ether oxygens (including phenoxy) is 1. The van der Waals surface area contributed by atoms with E-state index in [0.717, 1.165) is 23.4 Å². The largest absolute Gasteiger partial charge is 0.362 e. The average molecular weight is 425 g/mol. The molecule has 2 aromatic rings. The van der Waals surface area contributed by atoms with Crippen LogP contribution < -0.4 is 10.6 Å². The fourth-order valence-corrected chi connectivity index (χ4v) is 4.28. The molecule has 0 bridgehead atoms. The van der Waals surface area contributed by atoms with Crippen LogP contribution in [0.3, 0.4) is 0 Å². The lowest BCUT2D eigenvalue weighted by Gasteiger charge is -2.24. The van der Waals surface area contributed by atoms with Gasteiger partial charge in [0.1, 0.15) is 13.2 Å². The normalized spacial score (nSPS) is 14.3. The maximum absolute atomic E-state index is 12.0. The molecule has 0 aliphatic carbocycles. The van der Waals surface area contributed by atoms with E-state index >= 15 is 0 Å². The molecule has 2 amide bonds. The number of hydrogen-bond acceptors (Lipinski definition) is 6. The number of carbonyl (C=O) groups excluding carboxylic acids is 2. The lowest BCUT2D eigenvalue weighted by atomic mass is 10.2. The Balaban J connectivity index is 0.00000280. The standard InChI is InChI=1S/C19H24N4O3S.ClH/c1-3-15-19(16(4-2)22(21-15)10-9-20)27-14-7-5-13(6-8-14)23-17(24)11-26-12-18(23)25;/h5-8H,3-4,9-12,20H2,1-2H3;1H. The number of anilines is 1. The van der Waals surface area contributed by atoms with Crippen molar-refractivity contribution in [2.75, 3.05) is 24.7 Å². The maximum Gasteiger partial charge on any atom is 0.259 e. The highest BCUT2D eigenvalue weighted by molar-refractivity contribution is 7.99. The SMILES string of the molecule is CCc1nn(CCN)c(CC)c1Sc1ccc(N2C(=O)COCC2=O)cc1.Cl. The third kappa shape index (κ3) is 4.57. The second kappa shape index (κ2) is 10.1. The maximum atomic E-state index is 12.0. The molecule has 2 heterocycles. The number of aryl methyl sites for hydroxylation is 1. The van der Waals surface area contributed by atoms with Crippen LogP contribution in [0, 0.1) is 0 Å². The number of nitrogens with zero attached hydrogens (tertiary/aromatic N) is 3. The van der Waals surface area contributed by atoms with Crippen LogP contribution in [0.1, 0.15) is 25.2 Å². The smallest absolute Gasteiger partial charge is 0.259 e. The molecule has 28 heavy (non-hydrogen) atoms. The van der Waals surface area contributed by atoms with E-state index in [9.17, 15) is 9.59 Å². The van der Waals surface area contributed by atoms with Crippen molar-refractivity contribution in [3.8, 4) is 0 Å². The number of morpholine rings is 1. The van der Waals surface area contributed by atoms with Crippen LogP contribution in [0.4, 0.5) is 5.69 Å². The highest BCUT2D eigenvalue weighted by Gasteiger charge is 2.28. The van der Waals surface area contributed by atoms with Gasteiger partial charge in [-0.15, -0.1) is 12.4 Å². The Bertz CT molecular complexity index is 822. The number of nitrogens with two attached hydrogens (primary N) is 1. The van der Waals surface area contributed by atoms with Crippen LogP contribution in [-0.4, -0.2) is 41.4 Å². The van der Waals surface area contributed by atoms with Crippen LogP contribution in [0.25, 0.3) is 0 Å². The Morgan fingerprint density at radius 3 is 2.29 bits per heavy atom. The highest BCUT2D eigenvalue weighted by atomic mass is 35.5. The first kappa shape index (κ1) is 22.4. The van der Waals surface area contributed by atoms with Gasteiger partial charge in [-0.25, -0.2) is 4.90 Å². The molecule has 2 N–H and O–H groups in total. The monoisotopic (exact) mass is 424 g/mol. The fraction of sp³-hybridized carbons (Fsp3) is 0.421. The summed E-state index contributed by atoms with van der Waals surface area (Å²) in [6.07, 6.45) is 1.73. The number of halogens is 1. The van der Waals surface area contributed by atoms with Gasteiger partial charge in [0.05, 0.1) is 28.5 Å². The zero-order chi connectivity index (χ0) is 19.4. The molecule has 1 saturated heterocycles. The number of aromatic nitrogens is 2. The third-order valence-corrected chi connectivity index (χ3v) is 5.54. The van der Waals surface area contributed by atoms with Crippen molar-refractivity contribution in [2.24, 2.45) is 5.73 Å². The van der Waals surface area contributed by atoms with E-state index in [0.29, 0.717) is 18.8 Å². The van der Waals surface area contributed by atoms with Crippen molar-refractivity contribution in [1.82, 2.24) is 9.78 Å². The van der Waals surface area contributed by atoms with E-state index in [4.69, 9.17) is 15.6 Å². The second-order valence-electron chi connectivity index (χ2n) is 6.15. The van der Waals surface area contributed by atoms with Gasteiger partial charge in [-0.1, -0.05) is 25.6 Å². The summed E-state index contributed by atoms with van der Waals surface area (Å²) in [5.41, 5.74) is 8.53. The Morgan fingerprint density at radius 1 is 1.11 bits per heavy atom. The van der Waals surface area contributed by atoms with Crippen molar-refractivity contribution in [1.29, 1.82) is 0 Å². The Hall–Kier alpha value is -1.87. The van der Waals surface area contributed by atoms with E-state index < -0.39 is 0 Å². The van der Waals surface area contributed by atoms with Gasteiger partial charge in [0.2, 0.25) is 0 Å². The molecule has 7 nitrogen and oxygen atoms in total. The summed E-state index contributed by atoms with van der Waals surface area (Å²) in [4.78, 5) is 27.3. The van der Waals surface area contributed by atoms with Crippen LogP contribution in [-0.2, 0) is 33.7 Å². The van der Waals surface area contributed by atoms with Crippen LogP contribution in [0.5, 0.6) is 0 Å². The molecule has 152 valence electrons. The Morgan fingerprint density at radius 2 is 1.75 bits per heavy atom. The van der Waals surface area contributed by atoms with Gasteiger partial charge in [0, 0.05) is 11.4 Å². The molecule has 0 atom stereocenters. The van der Waals surface area contributed by atoms with Gasteiger partial charge in [-0.3, -0.25) is 14.3 Å². The lowest BCUT2D eigenvalue weighted by molar-refractivity contribution is -0.138. The van der Waals surface area contributed by atoms with E-state index in [2.05, 4.69) is 13.8 Å². The molecule has 9 heteroatoms. The molecule has 1 fully saturated rings. The van der Waals surface area contributed by atoms with Gasteiger partial charge < -0.3 is 10.5 Å². The van der Waals surface area contributed by atoms with E-state index in [-0.39, 0.29) is 37.4 Å². The minimum atomic E-state index is -0.337. The molecule has 1 aliphatic rings. The number of hydrogen-bond donors (Lipinski definition) is 1. The number of carbonyl (C=O) groups is 2. The summed E-state index contributed by atoms with van der Waals surface area (Å²) in [5.74, 6) is -0.674. The van der Waals surface area contributed by atoms with Gasteiger partial charge in [-0.2, -0.15) is 5.10 Å². The Kier molecular flexibility index (Phi) is 8.06. The molecule has 3 rings (SSSR count). The zero-order valence-corrected chi connectivity index (χ0v) is 17.6. The molecular weight excluding hydrogens is 400 g/mol. The first-order valence-electron chi connectivity index (χ1n) is 9.09. The van der Waals surface area contributed by atoms with Crippen LogP contribution in [0.2, 0.25) is 0 Å². The quantitative estimate of drug-likeness (QED) is 0.686. The van der Waals surface area contributed by atoms with Crippen molar-refractivity contribution in [3.63, 3.8) is 0 Å². The van der Waals surface area contributed by atoms with Gasteiger partial charge >= 0.3 is 0 Å². The van der Waals surface area contributed by atoms with E-state index in [1.54, 1.807) is 23.9 Å². The lowest BCUT2D eigenvalue weighted by Crippen LogP contribution is -2.46. The number of amides is 2. The molecule has 0 radical (unpaired) electrons. The molecule has 0 saturated carbocycles. The third-order valence-electron chi connectivity index (χ3n) is 4.35. The molecule has 1 aliphatic heterocycles. The highest BCUT2D eigenvalue weighted by Crippen LogP contribution is 2.35. The molecule has 1 aromatic carbocycles. The van der Waals surface area contributed by atoms with E-state index in [1.165, 1.54) is 15.5 Å². The first-order valence-corrected chi connectivity index (χ1v) is 9.90. The zero-order valence-electron chi connectivity index (χ0n) is 16.0. The van der Waals surface area contributed by atoms with Crippen molar-refractivity contribution < 1.29 is 14.3 Å². The van der Waals surface area contributed by atoms with Gasteiger partial charge in [0.15, 0.2) is 0 Å². The van der Waals surface area contributed by atoms with Crippen LogP contribution in [0.15, 0.2) is 34.1 Å².